The first-order valence-corrected chi connectivity index (χ1v) is 11.4. The highest BCUT2D eigenvalue weighted by molar-refractivity contribution is 8.01. The van der Waals surface area contributed by atoms with E-state index < -0.39 is 27.8 Å². The average molecular weight is 419 g/mol. The van der Waals surface area contributed by atoms with Gasteiger partial charge in [-0.25, -0.2) is 12.8 Å². The second kappa shape index (κ2) is 8.78. The lowest BCUT2D eigenvalue weighted by atomic mass is 10.2. The first-order valence-electron chi connectivity index (χ1n) is 7.74. The fourth-order valence-electron chi connectivity index (χ4n) is 2.14. The molecule has 0 saturated carbocycles. The quantitative estimate of drug-likeness (QED) is 0.523. The number of hydrogen-bond donors (Lipinski definition) is 1. The van der Waals surface area contributed by atoms with E-state index in [1.807, 2.05) is 6.92 Å². The van der Waals surface area contributed by atoms with Crippen LogP contribution < -0.4 is 9.62 Å². The van der Waals surface area contributed by atoms with Crippen LogP contribution in [0.15, 0.2) is 28.6 Å². The molecule has 0 unspecified atom stereocenters. The summed E-state index contributed by atoms with van der Waals surface area (Å²) in [4.78, 5) is 12.5. The highest BCUT2D eigenvalue weighted by atomic mass is 32.2. The van der Waals surface area contributed by atoms with Crippen molar-refractivity contribution in [3.63, 3.8) is 0 Å². The smallest absolute Gasteiger partial charge is 0.249 e. The largest absolute Gasteiger partial charge is 0.299 e. The summed E-state index contributed by atoms with van der Waals surface area (Å²) in [6, 6.07) is 3.98. The highest BCUT2D eigenvalue weighted by Gasteiger charge is 2.30. The third-order valence-electron chi connectivity index (χ3n) is 3.22. The van der Waals surface area contributed by atoms with Crippen molar-refractivity contribution in [2.45, 2.75) is 30.6 Å². The van der Waals surface area contributed by atoms with Crippen molar-refractivity contribution in [1.82, 2.24) is 10.2 Å². The summed E-state index contributed by atoms with van der Waals surface area (Å²) in [6.45, 7) is 3.47. The molecule has 0 aliphatic carbocycles. The van der Waals surface area contributed by atoms with Crippen molar-refractivity contribution in [1.29, 1.82) is 0 Å². The van der Waals surface area contributed by atoms with Gasteiger partial charge in [0.1, 0.15) is 11.9 Å². The Balaban J connectivity index is 2.19. The van der Waals surface area contributed by atoms with Crippen molar-refractivity contribution in [2.75, 3.05) is 21.6 Å². The van der Waals surface area contributed by atoms with Gasteiger partial charge in [0.2, 0.25) is 21.1 Å². The Morgan fingerprint density at radius 1 is 1.42 bits per heavy atom. The minimum Gasteiger partial charge on any atom is -0.299 e. The fraction of sp³-hybridized carbons (Fsp3) is 0.400. The van der Waals surface area contributed by atoms with Crippen LogP contribution in [0.2, 0.25) is 0 Å². The van der Waals surface area contributed by atoms with Crippen molar-refractivity contribution >= 4 is 49.8 Å². The maximum atomic E-state index is 13.5. The van der Waals surface area contributed by atoms with Gasteiger partial charge in [-0.2, -0.15) is 0 Å². The third kappa shape index (κ3) is 5.39. The minimum absolute atomic E-state index is 0.0756. The molecule has 2 aromatic rings. The Bertz CT molecular complexity index is 873. The molecule has 1 atom stereocenters. The van der Waals surface area contributed by atoms with Gasteiger partial charge in [0.25, 0.3) is 0 Å². The third-order valence-corrected chi connectivity index (χ3v) is 6.64. The average Bonchev–Trinajstić information content (AvgIpc) is 2.99. The Morgan fingerprint density at radius 3 is 2.77 bits per heavy atom. The van der Waals surface area contributed by atoms with E-state index in [4.69, 9.17) is 0 Å². The lowest BCUT2D eigenvalue weighted by Crippen LogP contribution is -2.45. The second-order valence-corrected chi connectivity index (χ2v) is 9.60. The standard InChI is InChI=1S/C15H19FN4O3S3/c1-4-8-24-15-19-18-14(25-15)17-13(21)10(2)20(26(3,22)23)12-7-5-6-11(16)9-12/h5-7,9-10H,4,8H2,1-3H3,(H,17,18,21)/t10-/m0/s1. The maximum absolute atomic E-state index is 13.5. The molecular formula is C15H19FN4O3S3. The van der Waals surface area contributed by atoms with Gasteiger partial charge in [0.05, 0.1) is 11.9 Å². The van der Waals surface area contributed by atoms with E-state index in [1.54, 1.807) is 0 Å². The number of anilines is 2. The molecule has 2 rings (SSSR count). The molecular weight excluding hydrogens is 399 g/mol. The van der Waals surface area contributed by atoms with E-state index in [0.29, 0.717) is 0 Å². The summed E-state index contributed by atoms with van der Waals surface area (Å²) >= 11 is 2.75. The van der Waals surface area contributed by atoms with Crippen LogP contribution in [0.1, 0.15) is 20.3 Å². The molecule has 11 heteroatoms. The lowest BCUT2D eigenvalue weighted by Gasteiger charge is -2.27. The van der Waals surface area contributed by atoms with Gasteiger partial charge in [-0.1, -0.05) is 36.1 Å². The number of thioether (sulfide) groups is 1. The van der Waals surface area contributed by atoms with Crippen LogP contribution in [-0.2, 0) is 14.8 Å². The molecule has 0 saturated heterocycles. The number of aromatic nitrogens is 2. The normalized spacial score (nSPS) is 12.6. The van der Waals surface area contributed by atoms with Crippen LogP contribution in [0, 0.1) is 5.82 Å². The first-order chi connectivity index (χ1) is 12.2. The van der Waals surface area contributed by atoms with Crippen LogP contribution in [0.4, 0.5) is 15.2 Å². The second-order valence-electron chi connectivity index (χ2n) is 5.43. The summed E-state index contributed by atoms with van der Waals surface area (Å²) in [7, 11) is -3.81. The zero-order valence-electron chi connectivity index (χ0n) is 14.5. The van der Waals surface area contributed by atoms with Gasteiger partial charge in [0, 0.05) is 5.75 Å². The van der Waals surface area contributed by atoms with E-state index in [-0.39, 0.29) is 10.8 Å². The van der Waals surface area contributed by atoms with Crippen LogP contribution in [-0.4, -0.2) is 42.6 Å². The van der Waals surface area contributed by atoms with Gasteiger partial charge in [0.15, 0.2) is 4.34 Å². The Hall–Kier alpha value is -1.72. The Labute approximate surface area is 160 Å². The number of nitrogens with zero attached hydrogens (tertiary/aromatic N) is 3. The number of sulfonamides is 1. The number of carbonyl (C=O) groups excluding carboxylic acids is 1. The summed E-state index contributed by atoms with van der Waals surface area (Å²) in [5.41, 5.74) is 0.0756. The zero-order chi connectivity index (χ0) is 19.3. The molecule has 0 aliphatic rings. The number of amides is 1. The molecule has 1 amide bonds. The van der Waals surface area contributed by atoms with Gasteiger partial charge in [-0.05, 0) is 31.5 Å². The van der Waals surface area contributed by atoms with Crippen LogP contribution in [0.25, 0.3) is 0 Å². The number of carbonyl (C=O) groups is 1. The molecule has 0 spiro atoms. The lowest BCUT2D eigenvalue weighted by molar-refractivity contribution is -0.116. The Kier molecular flexibility index (Phi) is 6.95. The number of rotatable bonds is 8. The molecule has 1 N–H and O–H groups in total. The van der Waals surface area contributed by atoms with E-state index in [0.717, 1.165) is 33.1 Å². The molecule has 0 fully saturated rings. The van der Waals surface area contributed by atoms with Gasteiger partial charge in [-0.3, -0.25) is 14.4 Å². The molecule has 0 aliphatic heterocycles. The maximum Gasteiger partial charge on any atom is 0.249 e. The predicted octanol–water partition coefficient (Wildman–Crippen LogP) is 2.97. The topological polar surface area (TPSA) is 92.3 Å². The number of hydrogen-bond acceptors (Lipinski definition) is 7. The molecule has 1 aromatic heterocycles. The number of benzene rings is 1. The summed E-state index contributed by atoms with van der Waals surface area (Å²) in [5.74, 6) is -0.284. The molecule has 0 radical (unpaired) electrons. The first kappa shape index (κ1) is 20.6. The van der Waals surface area contributed by atoms with E-state index in [9.17, 15) is 17.6 Å². The van der Waals surface area contributed by atoms with Crippen molar-refractivity contribution in [3.05, 3.63) is 30.1 Å². The van der Waals surface area contributed by atoms with Crippen molar-refractivity contribution < 1.29 is 17.6 Å². The predicted molar refractivity (Wildman–Crippen MR) is 103 cm³/mol. The van der Waals surface area contributed by atoms with Crippen molar-refractivity contribution in [3.8, 4) is 0 Å². The van der Waals surface area contributed by atoms with E-state index >= 15 is 0 Å². The summed E-state index contributed by atoms with van der Waals surface area (Å²) in [6.07, 6.45) is 1.95. The minimum atomic E-state index is -3.81. The highest BCUT2D eigenvalue weighted by Crippen LogP contribution is 2.27. The van der Waals surface area contributed by atoms with Crippen molar-refractivity contribution in [2.24, 2.45) is 0 Å². The monoisotopic (exact) mass is 418 g/mol. The summed E-state index contributed by atoms with van der Waals surface area (Å²) < 4.78 is 39.4. The Morgan fingerprint density at radius 2 is 2.15 bits per heavy atom. The summed E-state index contributed by atoms with van der Waals surface area (Å²) in [5, 5.41) is 10.7. The zero-order valence-corrected chi connectivity index (χ0v) is 16.9. The SMILES string of the molecule is CCCSc1nnc(NC(=O)[C@H](C)N(c2cccc(F)c2)S(C)(=O)=O)s1. The molecule has 142 valence electrons. The van der Waals surface area contributed by atoms with Crippen LogP contribution in [0.3, 0.4) is 0 Å². The molecule has 1 aromatic carbocycles. The molecule has 0 bridgehead atoms. The van der Waals surface area contributed by atoms with E-state index in [2.05, 4.69) is 15.5 Å². The van der Waals surface area contributed by atoms with Crippen LogP contribution in [0.5, 0.6) is 0 Å². The molecule has 7 nitrogen and oxygen atoms in total. The molecule has 26 heavy (non-hydrogen) atoms. The van der Waals surface area contributed by atoms with Gasteiger partial charge in [-0.15, -0.1) is 10.2 Å². The number of nitrogens with one attached hydrogen (secondary N) is 1. The van der Waals surface area contributed by atoms with E-state index in [1.165, 1.54) is 48.2 Å². The molecule has 1 heterocycles. The van der Waals surface area contributed by atoms with Crippen LogP contribution >= 0.6 is 23.1 Å². The number of halogens is 1. The van der Waals surface area contributed by atoms with Gasteiger partial charge < -0.3 is 0 Å². The van der Waals surface area contributed by atoms with Gasteiger partial charge >= 0.3 is 0 Å². The fourth-order valence-corrected chi connectivity index (χ4v) is 4.99.